The van der Waals surface area contributed by atoms with Gasteiger partial charge >= 0.3 is 12.2 Å². The number of hydrogen-bond acceptors (Lipinski definition) is 3. The van der Waals surface area contributed by atoms with E-state index < -0.39 is 41.5 Å². The number of carbonyl (C=O) groups excluding carboxylic acids is 2. The maximum absolute atomic E-state index is 13.8. The Hall–Kier alpha value is -2.36. The van der Waals surface area contributed by atoms with Gasteiger partial charge in [0.2, 0.25) is 5.72 Å². The Labute approximate surface area is 171 Å². The number of halogens is 6. The Kier molecular flexibility index (Phi) is 5.50. The quantitative estimate of drug-likeness (QED) is 0.483. The van der Waals surface area contributed by atoms with E-state index in [4.69, 9.17) is 23.2 Å². The minimum Gasteiger partial charge on any atom is -0.363 e. The summed E-state index contributed by atoms with van der Waals surface area (Å²) in [5, 5.41) is 14.1. The lowest BCUT2D eigenvalue weighted by Gasteiger charge is -2.45. The molecule has 11 heteroatoms. The highest BCUT2D eigenvalue weighted by Crippen LogP contribution is 2.45. The van der Waals surface area contributed by atoms with Crippen LogP contribution in [0.1, 0.15) is 22.0 Å². The second-order valence-electron chi connectivity index (χ2n) is 6.35. The summed E-state index contributed by atoms with van der Waals surface area (Å²) >= 11 is 11.9. The molecule has 3 rings (SSSR count). The van der Waals surface area contributed by atoms with Gasteiger partial charge < -0.3 is 15.7 Å². The molecule has 1 saturated heterocycles. The van der Waals surface area contributed by atoms with Crippen LogP contribution < -0.4 is 10.6 Å². The first-order chi connectivity index (χ1) is 13.4. The van der Waals surface area contributed by atoms with Crippen LogP contribution in [0.3, 0.4) is 0 Å². The number of alkyl halides is 3. The molecule has 0 saturated carbocycles. The predicted octanol–water partition coefficient (Wildman–Crippen LogP) is 4.24. The van der Waals surface area contributed by atoms with E-state index in [2.05, 4.69) is 5.32 Å². The molecule has 0 unspecified atom stereocenters. The molecule has 154 valence electrons. The van der Waals surface area contributed by atoms with Crippen molar-refractivity contribution in [3.05, 3.63) is 69.5 Å². The number of urea groups is 1. The molecule has 0 spiro atoms. The molecule has 29 heavy (non-hydrogen) atoms. The van der Waals surface area contributed by atoms with Crippen LogP contribution in [0.25, 0.3) is 0 Å². The number of rotatable bonds is 3. The van der Waals surface area contributed by atoms with Gasteiger partial charge in [0, 0.05) is 15.6 Å². The van der Waals surface area contributed by atoms with E-state index in [-0.39, 0.29) is 21.2 Å². The summed E-state index contributed by atoms with van der Waals surface area (Å²) in [6.07, 6.45) is -5.41. The average Bonchev–Trinajstić information content (AvgIpc) is 2.60. The average molecular weight is 451 g/mol. The van der Waals surface area contributed by atoms with Gasteiger partial charge in [-0.1, -0.05) is 29.3 Å². The van der Waals surface area contributed by atoms with Crippen molar-refractivity contribution in [3.8, 4) is 0 Å². The van der Waals surface area contributed by atoms with Gasteiger partial charge in [-0.2, -0.15) is 13.2 Å². The standard InChI is InChI=1S/C18H12Cl2F4N2O3/c19-9-3-6-11(12(20)7-9)14-13(15(27)8-1-4-10(21)5-2-8)17(29,18(22,23)24)26-16(28)25-14/h1-7,13-14,29H,(H2,25,26,28)/t13-,14+,17+/m1/s1. The summed E-state index contributed by atoms with van der Waals surface area (Å²) in [7, 11) is 0. The zero-order chi connectivity index (χ0) is 21.6. The molecule has 0 radical (unpaired) electrons. The van der Waals surface area contributed by atoms with Crippen molar-refractivity contribution < 1.29 is 32.3 Å². The molecule has 2 aromatic carbocycles. The molecule has 2 amide bonds. The monoisotopic (exact) mass is 450 g/mol. The summed E-state index contributed by atoms with van der Waals surface area (Å²) in [6.45, 7) is 0. The Morgan fingerprint density at radius 2 is 1.72 bits per heavy atom. The third-order valence-electron chi connectivity index (χ3n) is 4.52. The molecule has 1 aliphatic rings. The topological polar surface area (TPSA) is 78.4 Å². The summed E-state index contributed by atoms with van der Waals surface area (Å²) in [5.41, 5.74) is -4.27. The maximum Gasteiger partial charge on any atom is 0.437 e. The molecule has 2 aromatic rings. The van der Waals surface area contributed by atoms with Gasteiger partial charge in [0.25, 0.3) is 0 Å². The van der Waals surface area contributed by atoms with E-state index in [1.165, 1.54) is 23.5 Å². The van der Waals surface area contributed by atoms with Crippen molar-refractivity contribution in [3.63, 3.8) is 0 Å². The van der Waals surface area contributed by atoms with Crippen LogP contribution in [0.2, 0.25) is 10.0 Å². The fraction of sp³-hybridized carbons (Fsp3) is 0.222. The summed E-state index contributed by atoms with van der Waals surface area (Å²) in [6, 6.07) is 4.49. The lowest BCUT2D eigenvalue weighted by atomic mass is 9.77. The van der Waals surface area contributed by atoms with Crippen molar-refractivity contribution in [1.29, 1.82) is 0 Å². The molecule has 3 atom stereocenters. The van der Waals surface area contributed by atoms with Crippen molar-refractivity contribution in [1.82, 2.24) is 10.6 Å². The SMILES string of the molecule is O=C1N[C@@H](c2ccc(Cl)cc2Cl)[C@H](C(=O)c2ccc(F)cc2)[C@](O)(C(F)(F)F)N1. The second kappa shape index (κ2) is 7.47. The Morgan fingerprint density at radius 1 is 1.10 bits per heavy atom. The fourth-order valence-corrected chi connectivity index (χ4v) is 3.67. The third-order valence-corrected chi connectivity index (χ3v) is 5.08. The minimum absolute atomic E-state index is 0.0611. The van der Waals surface area contributed by atoms with Crippen LogP contribution in [0.4, 0.5) is 22.4 Å². The number of aliphatic hydroxyl groups is 1. The first kappa shape index (κ1) is 21.4. The predicted molar refractivity (Wildman–Crippen MR) is 96.1 cm³/mol. The number of carbonyl (C=O) groups is 2. The molecule has 1 fully saturated rings. The smallest absolute Gasteiger partial charge is 0.363 e. The van der Waals surface area contributed by atoms with Gasteiger partial charge in [-0.25, -0.2) is 9.18 Å². The Morgan fingerprint density at radius 3 is 2.28 bits per heavy atom. The molecular formula is C18H12Cl2F4N2O3. The van der Waals surface area contributed by atoms with Crippen LogP contribution in [0, 0.1) is 11.7 Å². The van der Waals surface area contributed by atoms with E-state index in [0.29, 0.717) is 0 Å². The largest absolute Gasteiger partial charge is 0.437 e. The minimum atomic E-state index is -5.41. The van der Waals surface area contributed by atoms with Gasteiger partial charge in [-0.15, -0.1) is 0 Å². The van der Waals surface area contributed by atoms with Crippen molar-refractivity contribution >= 4 is 35.0 Å². The number of benzene rings is 2. The van der Waals surface area contributed by atoms with E-state index >= 15 is 0 Å². The van der Waals surface area contributed by atoms with Crippen LogP contribution in [-0.4, -0.2) is 28.8 Å². The highest BCUT2D eigenvalue weighted by atomic mass is 35.5. The normalized spacial score (nSPS) is 24.6. The van der Waals surface area contributed by atoms with Crippen molar-refractivity contribution in [2.24, 2.45) is 5.92 Å². The highest BCUT2D eigenvalue weighted by molar-refractivity contribution is 6.35. The molecule has 0 bridgehead atoms. The number of nitrogens with one attached hydrogen (secondary N) is 2. The van der Waals surface area contributed by atoms with E-state index in [1.807, 2.05) is 0 Å². The molecule has 1 aliphatic heterocycles. The first-order valence-electron chi connectivity index (χ1n) is 8.06. The molecule has 3 N–H and O–H groups in total. The van der Waals surface area contributed by atoms with Crippen LogP contribution in [0.15, 0.2) is 42.5 Å². The van der Waals surface area contributed by atoms with Crippen molar-refractivity contribution in [2.75, 3.05) is 0 Å². The third kappa shape index (κ3) is 3.90. The van der Waals surface area contributed by atoms with Gasteiger partial charge in [0.05, 0.1) is 6.04 Å². The van der Waals surface area contributed by atoms with Gasteiger partial charge in [0.15, 0.2) is 5.78 Å². The molecule has 0 aliphatic carbocycles. The van der Waals surface area contributed by atoms with E-state index in [9.17, 15) is 32.3 Å². The fourth-order valence-electron chi connectivity index (χ4n) is 3.15. The number of amides is 2. The number of ketones is 1. The summed E-state index contributed by atoms with van der Waals surface area (Å²) in [5.74, 6) is -4.17. The number of hydrogen-bond donors (Lipinski definition) is 3. The lowest BCUT2D eigenvalue weighted by Crippen LogP contribution is -2.72. The van der Waals surface area contributed by atoms with Crippen LogP contribution >= 0.6 is 23.2 Å². The zero-order valence-electron chi connectivity index (χ0n) is 14.2. The van der Waals surface area contributed by atoms with Crippen molar-refractivity contribution in [2.45, 2.75) is 17.9 Å². The molecule has 5 nitrogen and oxygen atoms in total. The molecule has 0 aromatic heterocycles. The van der Waals surface area contributed by atoms with Crippen LogP contribution in [-0.2, 0) is 0 Å². The van der Waals surface area contributed by atoms with Gasteiger partial charge in [0.1, 0.15) is 11.7 Å². The number of Topliss-reactive ketones (excluding diaryl/α,β-unsaturated/α-hetero) is 1. The van der Waals surface area contributed by atoms with E-state index in [1.54, 1.807) is 0 Å². The second-order valence-corrected chi connectivity index (χ2v) is 7.20. The summed E-state index contributed by atoms with van der Waals surface area (Å²) in [4.78, 5) is 24.9. The van der Waals surface area contributed by atoms with Gasteiger partial charge in [-0.05, 0) is 42.0 Å². The Bertz CT molecular complexity index is 969. The van der Waals surface area contributed by atoms with Gasteiger partial charge in [-0.3, -0.25) is 4.79 Å². The first-order valence-corrected chi connectivity index (χ1v) is 8.82. The van der Waals surface area contributed by atoms with Crippen LogP contribution in [0.5, 0.6) is 0 Å². The van der Waals surface area contributed by atoms with E-state index in [0.717, 1.165) is 24.3 Å². The Balaban J connectivity index is 2.19. The molecular weight excluding hydrogens is 439 g/mol. The maximum atomic E-state index is 13.8. The highest BCUT2D eigenvalue weighted by Gasteiger charge is 2.66. The lowest BCUT2D eigenvalue weighted by molar-refractivity contribution is -0.287. The molecule has 1 heterocycles. The summed E-state index contributed by atoms with van der Waals surface area (Å²) < 4.78 is 54.5. The zero-order valence-corrected chi connectivity index (χ0v) is 15.7.